The SMILES string of the molecule is CCC(C)NC(=NCC(=O)N(C)C)NCC1(C)CCCS1.I. The number of nitrogens with one attached hydrogen (secondary N) is 2. The van der Waals surface area contributed by atoms with Crippen molar-refractivity contribution in [2.45, 2.75) is 50.8 Å². The van der Waals surface area contributed by atoms with Crippen LogP contribution in [0.1, 0.15) is 40.0 Å². The van der Waals surface area contributed by atoms with Gasteiger partial charge in [0.05, 0.1) is 0 Å². The van der Waals surface area contributed by atoms with Crippen molar-refractivity contribution in [3.8, 4) is 0 Å². The Balaban J connectivity index is 0.00000441. The van der Waals surface area contributed by atoms with Crippen LogP contribution in [0, 0.1) is 0 Å². The summed E-state index contributed by atoms with van der Waals surface area (Å²) >= 11 is 2.02. The van der Waals surface area contributed by atoms with Gasteiger partial charge in [0, 0.05) is 31.4 Å². The normalized spacial score (nSPS) is 22.7. The molecule has 2 N–H and O–H groups in total. The van der Waals surface area contributed by atoms with Crippen molar-refractivity contribution in [3.63, 3.8) is 0 Å². The second-order valence-corrected chi connectivity index (χ2v) is 7.84. The molecule has 7 heteroatoms. The summed E-state index contributed by atoms with van der Waals surface area (Å²) in [5, 5.41) is 6.77. The molecule has 1 aliphatic heterocycles. The first-order valence-corrected chi connectivity index (χ1v) is 8.74. The maximum absolute atomic E-state index is 11.7. The van der Waals surface area contributed by atoms with Crippen LogP contribution in [-0.2, 0) is 4.79 Å². The summed E-state index contributed by atoms with van der Waals surface area (Å²) in [5.41, 5.74) is 0. The molecule has 0 aliphatic carbocycles. The topological polar surface area (TPSA) is 56.7 Å². The van der Waals surface area contributed by atoms with Crippen LogP contribution in [0.4, 0.5) is 0 Å². The number of aliphatic imine (C=N–C) groups is 1. The van der Waals surface area contributed by atoms with Crippen LogP contribution < -0.4 is 10.6 Å². The van der Waals surface area contributed by atoms with Crippen LogP contribution in [0.5, 0.6) is 0 Å². The van der Waals surface area contributed by atoms with Gasteiger partial charge >= 0.3 is 0 Å². The lowest BCUT2D eigenvalue weighted by atomic mass is 10.1. The number of guanidine groups is 1. The lowest BCUT2D eigenvalue weighted by Crippen LogP contribution is -2.47. The highest BCUT2D eigenvalue weighted by Gasteiger charge is 2.29. The minimum atomic E-state index is 0. The van der Waals surface area contributed by atoms with Crippen molar-refractivity contribution in [2.75, 3.05) is 32.9 Å². The predicted molar refractivity (Wildman–Crippen MR) is 107 cm³/mol. The summed E-state index contributed by atoms with van der Waals surface area (Å²) in [5.74, 6) is 2.00. The van der Waals surface area contributed by atoms with Crippen molar-refractivity contribution in [1.29, 1.82) is 0 Å². The van der Waals surface area contributed by atoms with Gasteiger partial charge in [-0.25, -0.2) is 4.99 Å². The second kappa shape index (κ2) is 10.6. The lowest BCUT2D eigenvalue weighted by molar-refractivity contribution is -0.127. The molecule has 22 heavy (non-hydrogen) atoms. The van der Waals surface area contributed by atoms with E-state index in [1.165, 1.54) is 18.6 Å². The molecule has 0 aromatic heterocycles. The van der Waals surface area contributed by atoms with Gasteiger partial charge in [0.15, 0.2) is 5.96 Å². The average molecular weight is 442 g/mol. The number of halogens is 1. The summed E-state index contributed by atoms with van der Waals surface area (Å²) < 4.78 is 0.281. The molecule has 0 aromatic rings. The van der Waals surface area contributed by atoms with E-state index in [1.807, 2.05) is 11.8 Å². The van der Waals surface area contributed by atoms with Gasteiger partial charge in [-0.1, -0.05) is 6.92 Å². The highest BCUT2D eigenvalue weighted by atomic mass is 127. The number of amides is 1. The lowest BCUT2D eigenvalue weighted by Gasteiger charge is -2.25. The minimum absolute atomic E-state index is 0. The summed E-state index contributed by atoms with van der Waals surface area (Å²) in [6.07, 6.45) is 3.54. The van der Waals surface area contributed by atoms with E-state index in [-0.39, 0.29) is 41.2 Å². The number of nitrogens with zero attached hydrogens (tertiary/aromatic N) is 2. The minimum Gasteiger partial charge on any atom is -0.355 e. The largest absolute Gasteiger partial charge is 0.355 e. The Morgan fingerprint density at radius 2 is 2.14 bits per heavy atom. The van der Waals surface area contributed by atoms with E-state index in [4.69, 9.17) is 0 Å². The van der Waals surface area contributed by atoms with E-state index in [2.05, 4.69) is 36.4 Å². The molecule has 1 saturated heterocycles. The van der Waals surface area contributed by atoms with Crippen molar-refractivity contribution < 1.29 is 4.79 Å². The van der Waals surface area contributed by atoms with Crippen LogP contribution in [0.25, 0.3) is 0 Å². The molecule has 2 atom stereocenters. The van der Waals surface area contributed by atoms with E-state index < -0.39 is 0 Å². The Kier molecular flexibility index (Phi) is 10.5. The maximum Gasteiger partial charge on any atom is 0.243 e. The summed E-state index contributed by atoms with van der Waals surface area (Å²) in [6, 6.07) is 0.342. The number of likely N-dealkylation sites (N-methyl/N-ethyl adjacent to an activating group) is 1. The number of carbonyl (C=O) groups excluding carboxylic acids is 1. The molecular formula is C15H31IN4OS. The van der Waals surface area contributed by atoms with Gasteiger partial charge in [0.25, 0.3) is 0 Å². The maximum atomic E-state index is 11.7. The van der Waals surface area contributed by atoms with E-state index in [0.29, 0.717) is 6.04 Å². The third-order valence-corrected chi connectivity index (χ3v) is 5.34. The van der Waals surface area contributed by atoms with Gasteiger partial charge in [0.2, 0.25) is 5.91 Å². The van der Waals surface area contributed by atoms with Gasteiger partial charge in [-0.3, -0.25) is 4.79 Å². The fourth-order valence-corrected chi connectivity index (χ4v) is 3.27. The van der Waals surface area contributed by atoms with Crippen molar-refractivity contribution in [2.24, 2.45) is 4.99 Å². The highest BCUT2D eigenvalue weighted by Crippen LogP contribution is 2.36. The van der Waals surface area contributed by atoms with Gasteiger partial charge in [0.1, 0.15) is 6.54 Å². The van der Waals surface area contributed by atoms with Crippen LogP contribution in [0.2, 0.25) is 0 Å². The molecule has 0 aromatic carbocycles. The molecule has 0 radical (unpaired) electrons. The van der Waals surface area contributed by atoms with Crippen LogP contribution in [-0.4, -0.2) is 60.5 Å². The molecule has 1 fully saturated rings. The van der Waals surface area contributed by atoms with Gasteiger partial charge in [-0.15, -0.1) is 24.0 Å². The quantitative estimate of drug-likeness (QED) is 0.377. The predicted octanol–water partition coefficient (Wildman–Crippen LogP) is 2.31. The number of carbonyl (C=O) groups is 1. The third kappa shape index (κ3) is 7.89. The summed E-state index contributed by atoms with van der Waals surface area (Å²) in [4.78, 5) is 17.7. The highest BCUT2D eigenvalue weighted by molar-refractivity contribution is 14.0. The van der Waals surface area contributed by atoms with Gasteiger partial charge in [-0.05, 0) is 38.9 Å². The third-order valence-electron chi connectivity index (χ3n) is 3.80. The summed E-state index contributed by atoms with van der Waals surface area (Å²) in [7, 11) is 3.51. The second-order valence-electron chi connectivity index (χ2n) is 6.16. The van der Waals surface area contributed by atoms with Crippen LogP contribution in [0.3, 0.4) is 0 Å². The number of rotatable bonds is 6. The van der Waals surface area contributed by atoms with E-state index in [0.717, 1.165) is 18.9 Å². The Morgan fingerprint density at radius 3 is 2.64 bits per heavy atom. The van der Waals surface area contributed by atoms with Gasteiger partial charge < -0.3 is 15.5 Å². The Hall–Kier alpha value is -0.180. The van der Waals surface area contributed by atoms with E-state index >= 15 is 0 Å². The molecule has 2 unspecified atom stereocenters. The first-order chi connectivity index (χ1) is 9.86. The van der Waals surface area contributed by atoms with Crippen molar-refractivity contribution >= 4 is 47.6 Å². The Morgan fingerprint density at radius 1 is 1.45 bits per heavy atom. The zero-order valence-corrected chi connectivity index (χ0v) is 17.6. The monoisotopic (exact) mass is 442 g/mol. The number of hydrogen-bond acceptors (Lipinski definition) is 3. The molecule has 1 amide bonds. The fourth-order valence-electron chi connectivity index (χ4n) is 2.02. The molecule has 0 spiro atoms. The average Bonchev–Trinajstić information content (AvgIpc) is 2.88. The molecule has 130 valence electrons. The van der Waals surface area contributed by atoms with Gasteiger partial charge in [-0.2, -0.15) is 11.8 Å². The van der Waals surface area contributed by atoms with Crippen molar-refractivity contribution in [1.82, 2.24) is 15.5 Å². The van der Waals surface area contributed by atoms with Crippen molar-refractivity contribution in [3.05, 3.63) is 0 Å². The molecule has 0 saturated carbocycles. The van der Waals surface area contributed by atoms with Crippen LogP contribution in [0.15, 0.2) is 4.99 Å². The molecule has 5 nitrogen and oxygen atoms in total. The smallest absolute Gasteiger partial charge is 0.243 e. The Bertz CT molecular complexity index is 371. The van der Waals surface area contributed by atoms with E-state index in [1.54, 1.807) is 19.0 Å². The molecular weight excluding hydrogens is 411 g/mol. The molecule has 1 aliphatic rings. The Labute approximate surface area is 156 Å². The van der Waals surface area contributed by atoms with E-state index in [9.17, 15) is 4.79 Å². The zero-order valence-electron chi connectivity index (χ0n) is 14.4. The number of hydrogen-bond donors (Lipinski definition) is 2. The van der Waals surface area contributed by atoms with Crippen LogP contribution >= 0.6 is 35.7 Å². The fraction of sp³-hybridized carbons (Fsp3) is 0.867. The first-order valence-electron chi connectivity index (χ1n) is 7.75. The molecule has 1 rings (SSSR count). The first kappa shape index (κ1) is 21.8. The molecule has 1 heterocycles. The zero-order chi connectivity index (χ0) is 15.9. The standard InChI is InChI=1S/C15H30N4OS.HI/c1-6-12(2)18-14(16-10-13(20)19(4)5)17-11-15(3)8-7-9-21-15;/h12H,6-11H2,1-5H3,(H2,16,17,18);1H. The summed E-state index contributed by atoms with van der Waals surface area (Å²) in [6.45, 7) is 7.62. The molecule has 0 bridgehead atoms. The number of thioether (sulfide) groups is 1.